The summed E-state index contributed by atoms with van der Waals surface area (Å²) < 4.78 is 5.75. The molecule has 2 aromatic heterocycles. The maximum atomic E-state index is 6.10. The van der Waals surface area contributed by atoms with E-state index in [1.165, 1.54) is 0 Å². The van der Waals surface area contributed by atoms with Gasteiger partial charge in [-0.3, -0.25) is 10.1 Å². The normalized spacial score (nSPS) is 16.8. The fraction of sp³-hybridized carbons (Fsp3) is 0.316. The average molecular weight is 370 g/mol. The van der Waals surface area contributed by atoms with Crippen LogP contribution in [0.25, 0.3) is 0 Å². The summed E-state index contributed by atoms with van der Waals surface area (Å²) >= 11 is 6.10. The summed E-state index contributed by atoms with van der Waals surface area (Å²) in [7, 11) is 0. The minimum absolute atomic E-state index is 0.409. The van der Waals surface area contributed by atoms with Gasteiger partial charge in [-0.1, -0.05) is 23.7 Å². The molecule has 7 heteroatoms. The summed E-state index contributed by atoms with van der Waals surface area (Å²) in [4.78, 5) is 10.8. The van der Waals surface area contributed by atoms with Gasteiger partial charge in [-0.2, -0.15) is 5.10 Å². The first-order valence-corrected chi connectivity index (χ1v) is 9.10. The summed E-state index contributed by atoms with van der Waals surface area (Å²) in [5.74, 6) is 2.05. The molecule has 0 radical (unpaired) electrons. The number of halogens is 1. The van der Waals surface area contributed by atoms with Gasteiger partial charge < -0.3 is 9.64 Å². The summed E-state index contributed by atoms with van der Waals surface area (Å²) in [5, 5.41) is 8.26. The van der Waals surface area contributed by atoms with Crippen molar-refractivity contribution < 1.29 is 4.74 Å². The fourth-order valence-corrected chi connectivity index (χ4v) is 3.40. The Morgan fingerprint density at radius 1 is 1.27 bits per heavy atom. The first-order valence-electron chi connectivity index (χ1n) is 8.72. The molecule has 26 heavy (non-hydrogen) atoms. The van der Waals surface area contributed by atoms with Crippen molar-refractivity contribution in [1.82, 2.24) is 20.2 Å². The van der Waals surface area contributed by atoms with E-state index in [1.54, 1.807) is 12.4 Å². The van der Waals surface area contributed by atoms with E-state index in [1.807, 2.05) is 30.5 Å². The molecule has 1 fully saturated rings. The number of hydrogen-bond donors (Lipinski definition) is 1. The standard InChI is InChI=1S/C19H20ClN5O/c20-16-3-1-2-4-18(16)26-10-6-15-11-17(24-23-15)14-5-9-25(13-14)19-12-21-7-8-22-19/h1-4,7-8,11-12,14H,5-6,9-10,13H2,(H,23,24)/t14-/m1/s1. The molecule has 0 spiro atoms. The van der Waals surface area contributed by atoms with Crippen LogP contribution in [0.3, 0.4) is 0 Å². The van der Waals surface area contributed by atoms with Crippen LogP contribution in [0.2, 0.25) is 5.02 Å². The van der Waals surface area contributed by atoms with Crippen molar-refractivity contribution in [2.75, 3.05) is 24.6 Å². The molecule has 134 valence electrons. The third kappa shape index (κ3) is 3.80. The van der Waals surface area contributed by atoms with E-state index in [2.05, 4.69) is 31.1 Å². The van der Waals surface area contributed by atoms with Gasteiger partial charge in [-0.25, -0.2) is 4.98 Å². The quantitative estimate of drug-likeness (QED) is 0.720. The van der Waals surface area contributed by atoms with Crippen molar-refractivity contribution in [3.8, 4) is 5.75 Å². The number of aromatic nitrogens is 4. The monoisotopic (exact) mass is 369 g/mol. The number of aromatic amines is 1. The first-order chi connectivity index (χ1) is 12.8. The van der Waals surface area contributed by atoms with Crippen molar-refractivity contribution in [3.63, 3.8) is 0 Å². The number of hydrogen-bond acceptors (Lipinski definition) is 5. The predicted octanol–water partition coefficient (Wildman–Crippen LogP) is 3.47. The topological polar surface area (TPSA) is 66.9 Å². The molecule has 0 aliphatic carbocycles. The largest absolute Gasteiger partial charge is 0.492 e. The van der Waals surface area contributed by atoms with Crippen LogP contribution in [0.4, 0.5) is 5.82 Å². The van der Waals surface area contributed by atoms with Crippen LogP contribution in [0, 0.1) is 0 Å². The molecule has 1 aliphatic heterocycles. The summed E-state index contributed by atoms with van der Waals surface area (Å²) in [6, 6.07) is 9.65. The van der Waals surface area contributed by atoms with Crippen LogP contribution in [0.1, 0.15) is 23.7 Å². The zero-order valence-corrected chi connectivity index (χ0v) is 15.1. The maximum Gasteiger partial charge on any atom is 0.147 e. The molecule has 1 N–H and O–H groups in total. The highest BCUT2D eigenvalue weighted by Gasteiger charge is 2.26. The molecule has 6 nitrogen and oxygen atoms in total. The SMILES string of the molecule is Clc1ccccc1OCCc1cc([C@@H]2CCN(c3cnccn3)C2)n[nH]1. The van der Waals surface area contributed by atoms with E-state index in [0.29, 0.717) is 23.3 Å². The van der Waals surface area contributed by atoms with Crippen LogP contribution in [-0.2, 0) is 6.42 Å². The molecule has 1 aromatic carbocycles. The number of nitrogens with one attached hydrogen (secondary N) is 1. The maximum absolute atomic E-state index is 6.10. The Morgan fingerprint density at radius 2 is 2.19 bits per heavy atom. The Bertz CT molecular complexity index is 854. The number of ether oxygens (including phenoxy) is 1. The molecule has 3 heterocycles. The van der Waals surface area contributed by atoms with Gasteiger partial charge in [0.1, 0.15) is 11.6 Å². The Labute approximate surface area is 157 Å². The number of rotatable bonds is 6. The van der Waals surface area contributed by atoms with E-state index < -0.39 is 0 Å². The second-order valence-electron chi connectivity index (χ2n) is 6.34. The van der Waals surface area contributed by atoms with Crippen molar-refractivity contribution >= 4 is 17.4 Å². The number of H-pyrrole nitrogens is 1. The Balaban J connectivity index is 1.31. The average Bonchev–Trinajstić information content (AvgIpc) is 3.33. The Hall–Kier alpha value is -2.60. The third-order valence-corrected chi connectivity index (χ3v) is 4.91. The molecule has 1 aliphatic rings. The van der Waals surface area contributed by atoms with Crippen LogP contribution < -0.4 is 9.64 Å². The minimum Gasteiger partial charge on any atom is -0.492 e. The second-order valence-corrected chi connectivity index (χ2v) is 6.75. The molecule has 1 saturated heterocycles. The molecule has 4 rings (SSSR count). The van der Waals surface area contributed by atoms with Crippen LogP contribution in [0.5, 0.6) is 5.75 Å². The summed E-state index contributed by atoms with van der Waals surface area (Å²) in [5.41, 5.74) is 2.18. The van der Waals surface area contributed by atoms with Crippen molar-refractivity contribution in [2.45, 2.75) is 18.8 Å². The number of anilines is 1. The lowest BCUT2D eigenvalue weighted by atomic mass is 10.0. The zero-order valence-electron chi connectivity index (χ0n) is 14.3. The van der Waals surface area contributed by atoms with Crippen molar-refractivity contribution in [3.05, 3.63) is 65.3 Å². The van der Waals surface area contributed by atoms with Gasteiger partial charge in [0.05, 0.1) is 23.5 Å². The number of para-hydroxylation sites is 1. The van der Waals surface area contributed by atoms with E-state index in [4.69, 9.17) is 16.3 Å². The van der Waals surface area contributed by atoms with Crippen molar-refractivity contribution in [1.29, 1.82) is 0 Å². The van der Waals surface area contributed by atoms with Crippen LogP contribution in [-0.4, -0.2) is 39.9 Å². The lowest BCUT2D eigenvalue weighted by Crippen LogP contribution is -2.20. The van der Waals surface area contributed by atoms with E-state index in [0.717, 1.165) is 43.1 Å². The van der Waals surface area contributed by atoms with Gasteiger partial charge >= 0.3 is 0 Å². The predicted molar refractivity (Wildman–Crippen MR) is 101 cm³/mol. The first kappa shape index (κ1) is 16.8. The smallest absolute Gasteiger partial charge is 0.147 e. The molecule has 3 aromatic rings. The molecule has 1 atom stereocenters. The highest BCUT2D eigenvalue weighted by Crippen LogP contribution is 2.29. The van der Waals surface area contributed by atoms with Gasteiger partial charge in [-0.15, -0.1) is 0 Å². The fourth-order valence-electron chi connectivity index (χ4n) is 3.21. The van der Waals surface area contributed by atoms with Gasteiger partial charge in [0.15, 0.2) is 0 Å². The summed E-state index contributed by atoms with van der Waals surface area (Å²) in [6.45, 7) is 2.45. The molecular weight excluding hydrogens is 350 g/mol. The molecular formula is C19H20ClN5O. The third-order valence-electron chi connectivity index (χ3n) is 4.60. The lowest BCUT2D eigenvalue weighted by molar-refractivity contribution is 0.320. The van der Waals surface area contributed by atoms with E-state index in [-0.39, 0.29) is 0 Å². The molecule has 0 saturated carbocycles. The minimum atomic E-state index is 0.409. The van der Waals surface area contributed by atoms with Crippen LogP contribution >= 0.6 is 11.6 Å². The Morgan fingerprint density at radius 3 is 3.04 bits per heavy atom. The number of nitrogens with zero attached hydrogens (tertiary/aromatic N) is 4. The second kappa shape index (κ2) is 7.74. The Kier molecular flexibility index (Phi) is 5.02. The zero-order chi connectivity index (χ0) is 17.8. The highest BCUT2D eigenvalue weighted by atomic mass is 35.5. The van der Waals surface area contributed by atoms with Gasteiger partial charge in [0.25, 0.3) is 0 Å². The molecule has 0 bridgehead atoms. The number of benzene rings is 1. The van der Waals surface area contributed by atoms with E-state index in [9.17, 15) is 0 Å². The van der Waals surface area contributed by atoms with Gasteiger partial charge in [-0.05, 0) is 24.6 Å². The van der Waals surface area contributed by atoms with Crippen LogP contribution in [0.15, 0.2) is 48.9 Å². The molecule has 0 amide bonds. The summed E-state index contributed by atoms with van der Waals surface area (Å²) in [6.07, 6.45) is 7.07. The molecule has 0 unspecified atom stereocenters. The van der Waals surface area contributed by atoms with Gasteiger partial charge in [0, 0.05) is 43.5 Å². The van der Waals surface area contributed by atoms with E-state index >= 15 is 0 Å². The highest BCUT2D eigenvalue weighted by molar-refractivity contribution is 6.32. The van der Waals surface area contributed by atoms with Gasteiger partial charge in [0.2, 0.25) is 0 Å². The van der Waals surface area contributed by atoms with Crippen molar-refractivity contribution in [2.24, 2.45) is 0 Å². The lowest BCUT2D eigenvalue weighted by Gasteiger charge is -2.15.